The van der Waals surface area contributed by atoms with E-state index in [1.807, 2.05) is 0 Å². The van der Waals surface area contributed by atoms with Gasteiger partial charge in [0, 0.05) is 27.9 Å². The molecule has 14 heteroatoms. The summed E-state index contributed by atoms with van der Waals surface area (Å²) in [5.41, 5.74) is 0.755. The monoisotopic (exact) mass is 631 g/mol. The number of nitro groups is 1. The van der Waals surface area contributed by atoms with Crippen LogP contribution in [0.15, 0.2) is 119 Å². The Bertz CT molecular complexity index is 1830. The number of carbonyl (C=O) groups excluding carboxylic acids is 3. The van der Waals surface area contributed by atoms with E-state index in [0.29, 0.717) is 16.9 Å². The fourth-order valence-electron chi connectivity index (χ4n) is 3.78. The van der Waals surface area contributed by atoms with Crippen molar-refractivity contribution in [3.05, 3.63) is 130 Å². The van der Waals surface area contributed by atoms with E-state index in [4.69, 9.17) is 5.14 Å². The topological polar surface area (TPSA) is 191 Å². The maximum atomic E-state index is 13.3. The van der Waals surface area contributed by atoms with Gasteiger partial charge in [0.15, 0.2) is 0 Å². The Kier molecular flexibility index (Phi) is 10.2. The Balaban J connectivity index is 1.42. The number of carbonyl (C=O) groups is 3. The average Bonchev–Trinajstić information content (AvgIpc) is 3.00. The third kappa shape index (κ3) is 8.84. The predicted molar refractivity (Wildman–Crippen MR) is 167 cm³/mol. The lowest BCUT2D eigenvalue weighted by atomic mass is 10.1. The number of nitrogens with one attached hydrogen (secondary N) is 3. The van der Waals surface area contributed by atoms with Crippen molar-refractivity contribution in [2.45, 2.75) is 9.79 Å². The number of primary sulfonamides is 1. The van der Waals surface area contributed by atoms with Crippen molar-refractivity contribution < 1.29 is 27.7 Å². The maximum absolute atomic E-state index is 13.3. The summed E-state index contributed by atoms with van der Waals surface area (Å²) < 4.78 is 22.7. The van der Waals surface area contributed by atoms with Gasteiger partial charge in [-0.3, -0.25) is 24.5 Å². The number of para-hydroxylation sites is 1. The lowest BCUT2D eigenvalue weighted by Gasteiger charge is -2.12. The van der Waals surface area contributed by atoms with Crippen LogP contribution in [-0.2, 0) is 19.6 Å². The molecular formula is C30H25N5O7S2. The smallest absolute Gasteiger partial charge is 0.276 e. The van der Waals surface area contributed by atoms with Crippen molar-refractivity contribution in [3.8, 4) is 0 Å². The van der Waals surface area contributed by atoms with Crippen LogP contribution >= 0.6 is 11.8 Å². The Morgan fingerprint density at radius 2 is 1.41 bits per heavy atom. The third-order valence-corrected chi connectivity index (χ3v) is 7.85. The molecule has 4 aromatic carbocycles. The zero-order valence-electron chi connectivity index (χ0n) is 22.8. The molecule has 0 aliphatic rings. The highest BCUT2D eigenvalue weighted by molar-refractivity contribution is 8.00. The van der Waals surface area contributed by atoms with E-state index < -0.39 is 26.8 Å². The molecule has 0 bridgehead atoms. The number of amides is 3. The molecule has 12 nitrogen and oxygen atoms in total. The van der Waals surface area contributed by atoms with E-state index in [-0.39, 0.29) is 33.5 Å². The van der Waals surface area contributed by atoms with Gasteiger partial charge in [-0.05, 0) is 72.8 Å². The quantitative estimate of drug-likeness (QED) is 0.0811. The number of nitro benzene ring substituents is 1. The minimum atomic E-state index is -3.84. The summed E-state index contributed by atoms with van der Waals surface area (Å²) in [4.78, 5) is 50.0. The van der Waals surface area contributed by atoms with Gasteiger partial charge in [-0.2, -0.15) is 0 Å². The minimum Gasteiger partial charge on any atom is -0.325 e. The number of hydrogen-bond donors (Lipinski definition) is 4. The Morgan fingerprint density at radius 3 is 2.05 bits per heavy atom. The Morgan fingerprint density at radius 1 is 0.818 bits per heavy atom. The minimum absolute atomic E-state index is 0.0525. The van der Waals surface area contributed by atoms with Crippen molar-refractivity contribution in [2.24, 2.45) is 5.14 Å². The van der Waals surface area contributed by atoms with Gasteiger partial charge in [-0.1, -0.05) is 30.3 Å². The largest absolute Gasteiger partial charge is 0.325 e. The highest BCUT2D eigenvalue weighted by atomic mass is 32.2. The first-order valence-electron chi connectivity index (χ1n) is 12.8. The summed E-state index contributed by atoms with van der Waals surface area (Å²) in [6.07, 6.45) is 1.24. The molecule has 0 saturated carbocycles. The van der Waals surface area contributed by atoms with Crippen molar-refractivity contribution in [3.63, 3.8) is 0 Å². The zero-order chi connectivity index (χ0) is 31.7. The average molecular weight is 632 g/mol. The number of anilines is 2. The highest BCUT2D eigenvalue weighted by Crippen LogP contribution is 2.23. The number of nitrogens with two attached hydrogens (primary N) is 1. The lowest BCUT2D eigenvalue weighted by molar-refractivity contribution is -0.385. The summed E-state index contributed by atoms with van der Waals surface area (Å²) in [7, 11) is -3.84. The fourth-order valence-corrected chi connectivity index (χ4v) is 4.99. The van der Waals surface area contributed by atoms with Gasteiger partial charge >= 0.3 is 0 Å². The second kappa shape index (κ2) is 14.2. The molecule has 0 aliphatic heterocycles. The highest BCUT2D eigenvalue weighted by Gasteiger charge is 2.18. The Labute approximate surface area is 256 Å². The van der Waals surface area contributed by atoms with Gasteiger partial charge in [0.1, 0.15) is 5.70 Å². The first-order valence-corrected chi connectivity index (χ1v) is 15.3. The molecule has 3 amide bonds. The van der Waals surface area contributed by atoms with Crippen LogP contribution in [0.4, 0.5) is 17.1 Å². The fraction of sp³-hybridized carbons (Fsp3) is 0.0333. The second-order valence-corrected chi connectivity index (χ2v) is 11.7. The summed E-state index contributed by atoms with van der Waals surface area (Å²) in [5.74, 6) is -1.55. The number of benzene rings is 4. The number of nitrogens with zero attached hydrogens (tertiary/aromatic N) is 1. The molecule has 5 N–H and O–H groups in total. The van der Waals surface area contributed by atoms with Crippen LogP contribution in [0, 0.1) is 10.1 Å². The van der Waals surface area contributed by atoms with Crippen molar-refractivity contribution in [1.82, 2.24) is 5.32 Å². The van der Waals surface area contributed by atoms with Gasteiger partial charge in [0.25, 0.3) is 17.5 Å². The van der Waals surface area contributed by atoms with Gasteiger partial charge < -0.3 is 16.0 Å². The van der Waals surface area contributed by atoms with Gasteiger partial charge in [0.05, 0.1) is 21.1 Å². The molecule has 0 fully saturated rings. The van der Waals surface area contributed by atoms with E-state index in [1.165, 1.54) is 60.3 Å². The third-order valence-electron chi connectivity index (χ3n) is 5.91. The standard InChI is InChI=1S/C30H25N5O7S2/c31-44(41,42)25-16-12-22(13-17-25)32-28(36)19-43-24-14-10-23(11-15-24)33-30(38)26(34-29(37)20-6-2-1-3-7-20)18-21-8-4-5-9-27(21)35(39)40/h1-18H,19H2,(H,32,36)(H,33,38)(H,34,37)(H2,31,41,42)/b26-18-. The summed E-state index contributed by atoms with van der Waals surface area (Å²) in [5, 5.41) is 24.5. The molecule has 0 radical (unpaired) electrons. The van der Waals surface area contributed by atoms with Crippen LogP contribution in [0.2, 0.25) is 0 Å². The molecule has 4 aromatic rings. The van der Waals surface area contributed by atoms with Gasteiger partial charge in [-0.15, -0.1) is 11.8 Å². The summed E-state index contributed by atoms with van der Waals surface area (Å²) in [6, 6.07) is 26.0. The van der Waals surface area contributed by atoms with E-state index in [0.717, 1.165) is 4.90 Å². The molecule has 0 atom stereocenters. The molecule has 224 valence electrons. The van der Waals surface area contributed by atoms with E-state index in [1.54, 1.807) is 60.7 Å². The second-order valence-electron chi connectivity index (χ2n) is 9.08. The first kappa shape index (κ1) is 31.6. The molecular weight excluding hydrogens is 606 g/mol. The number of hydrogen-bond acceptors (Lipinski definition) is 8. The van der Waals surface area contributed by atoms with E-state index in [2.05, 4.69) is 16.0 Å². The number of sulfonamides is 1. The van der Waals surface area contributed by atoms with Crippen LogP contribution in [0.25, 0.3) is 6.08 Å². The molecule has 44 heavy (non-hydrogen) atoms. The molecule has 0 heterocycles. The molecule has 4 rings (SSSR count). The number of thioether (sulfide) groups is 1. The Hall–Kier alpha value is -5.31. The van der Waals surface area contributed by atoms with E-state index >= 15 is 0 Å². The normalized spacial score (nSPS) is 11.3. The molecule has 0 aromatic heterocycles. The van der Waals surface area contributed by atoms with Crippen molar-refractivity contribution in [2.75, 3.05) is 16.4 Å². The molecule has 0 spiro atoms. The van der Waals surface area contributed by atoms with Crippen LogP contribution in [0.1, 0.15) is 15.9 Å². The summed E-state index contributed by atoms with van der Waals surface area (Å²) >= 11 is 1.23. The van der Waals surface area contributed by atoms with Gasteiger partial charge in [0.2, 0.25) is 15.9 Å². The van der Waals surface area contributed by atoms with Crippen molar-refractivity contribution >= 4 is 62.6 Å². The van der Waals surface area contributed by atoms with Gasteiger partial charge in [-0.25, -0.2) is 13.6 Å². The van der Waals surface area contributed by atoms with E-state index in [9.17, 15) is 32.9 Å². The zero-order valence-corrected chi connectivity index (χ0v) is 24.4. The molecule has 0 saturated heterocycles. The van der Waals surface area contributed by atoms with Crippen molar-refractivity contribution in [1.29, 1.82) is 0 Å². The predicted octanol–water partition coefficient (Wildman–Crippen LogP) is 4.38. The van der Waals surface area contributed by atoms with Crippen LogP contribution in [0.5, 0.6) is 0 Å². The van der Waals surface area contributed by atoms with Crippen LogP contribution in [0.3, 0.4) is 0 Å². The lowest BCUT2D eigenvalue weighted by Crippen LogP contribution is -2.30. The molecule has 0 aliphatic carbocycles. The summed E-state index contributed by atoms with van der Waals surface area (Å²) in [6.45, 7) is 0. The number of rotatable bonds is 11. The van der Waals surface area contributed by atoms with Crippen LogP contribution in [-0.4, -0.2) is 36.8 Å². The molecule has 0 unspecified atom stereocenters. The SMILES string of the molecule is NS(=O)(=O)c1ccc(NC(=O)CSc2ccc(NC(=O)/C(=C/c3ccccc3[N+](=O)[O-])NC(=O)c3ccccc3)cc2)cc1. The first-order chi connectivity index (χ1) is 21.0. The maximum Gasteiger partial charge on any atom is 0.276 e. The van der Waals surface area contributed by atoms with Crippen LogP contribution < -0.4 is 21.1 Å².